The lowest BCUT2D eigenvalue weighted by atomic mass is 9.61. The molecular weight excluding hydrogens is 254 g/mol. The van der Waals surface area contributed by atoms with Gasteiger partial charge in [-0.05, 0) is 31.6 Å². The Labute approximate surface area is 121 Å². The summed E-state index contributed by atoms with van der Waals surface area (Å²) in [5.74, 6) is 0.584. The predicted molar refractivity (Wildman–Crippen MR) is 78.5 cm³/mol. The minimum Gasteiger partial charge on any atom is -0.409 e. The molecule has 5 nitrogen and oxygen atoms in total. The number of hydrogen-bond acceptors (Lipinski definition) is 3. The van der Waals surface area contributed by atoms with Gasteiger partial charge in [0.15, 0.2) is 5.84 Å². The van der Waals surface area contributed by atoms with E-state index in [-0.39, 0.29) is 11.7 Å². The molecule has 1 amide bonds. The van der Waals surface area contributed by atoms with E-state index in [1.807, 2.05) is 11.9 Å². The highest BCUT2D eigenvalue weighted by molar-refractivity contribution is 6.07. The molecule has 0 aromatic carbocycles. The van der Waals surface area contributed by atoms with E-state index in [1.165, 1.54) is 25.7 Å². The Balaban J connectivity index is 2.11. The Morgan fingerprint density at radius 1 is 1.25 bits per heavy atom. The molecule has 0 radical (unpaired) electrons. The monoisotopic (exact) mass is 281 g/mol. The fourth-order valence-corrected chi connectivity index (χ4v) is 3.87. The van der Waals surface area contributed by atoms with Crippen LogP contribution in [-0.2, 0) is 4.79 Å². The Bertz CT molecular complexity index is 381. The molecule has 2 aliphatic carbocycles. The highest BCUT2D eigenvalue weighted by Gasteiger charge is 2.53. The minimum absolute atomic E-state index is 0.0396. The van der Waals surface area contributed by atoms with E-state index >= 15 is 0 Å². The molecule has 114 valence electrons. The first-order valence-electron chi connectivity index (χ1n) is 7.76. The van der Waals surface area contributed by atoms with Crippen LogP contribution < -0.4 is 5.73 Å². The van der Waals surface area contributed by atoms with Gasteiger partial charge in [0, 0.05) is 13.1 Å². The van der Waals surface area contributed by atoms with Gasteiger partial charge in [-0.3, -0.25) is 4.79 Å². The number of nitrogens with two attached hydrogens (primary N) is 1. The number of amides is 1. The van der Waals surface area contributed by atoms with Crippen LogP contribution in [0.1, 0.15) is 58.3 Å². The standard InChI is InChI=1S/C15H27N3O2/c1-11-9-15(10-11,13(16)17-20)14(19)18(2)12-7-5-3-4-6-8-12/h11-12,20H,3-10H2,1-2H3,(H2,16,17). The molecule has 5 heteroatoms. The Morgan fingerprint density at radius 3 is 2.25 bits per heavy atom. The third-order valence-electron chi connectivity index (χ3n) is 5.09. The van der Waals surface area contributed by atoms with Crippen molar-refractivity contribution in [1.29, 1.82) is 0 Å². The third-order valence-corrected chi connectivity index (χ3v) is 5.09. The van der Waals surface area contributed by atoms with Crippen molar-refractivity contribution in [2.24, 2.45) is 22.2 Å². The second-order valence-electron chi connectivity index (χ2n) is 6.64. The van der Waals surface area contributed by atoms with E-state index in [0.717, 1.165) is 12.8 Å². The van der Waals surface area contributed by atoms with Crippen molar-refractivity contribution in [2.45, 2.75) is 64.3 Å². The van der Waals surface area contributed by atoms with Gasteiger partial charge in [0.1, 0.15) is 5.41 Å². The number of hydrogen-bond donors (Lipinski definition) is 2. The van der Waals surface area contributed by atoms with Gasteiger partial charge in [0.25, 0.3) is 0 Å². The molecule has 20 heavy (non-hydrogen) atoms. The maximum absolute atomic E-state index is 12.9. The van der Waals surface area contributed by atoms with Crippen molar-refractivity contribution in [3.63, 3.8) is 0 Å². The van der Waals surface area contributed by atoms with Gasteiger partial charge in [-0.2, -0.15) is 0 Å². The van der Waals surface area contributed by atoms with Gasteiger partial charge in [-0.1, -0.05) is 37.8 Å². The quantitative estimate of drug-likeness (QED) is 0.274. The van der Waals surface area contributed by atoms with Crippen LogP contribution in [0.5, 0.6) is 0 Å². The van der Waals surface area contributed by atoms with Crippen molar-refractivity contribution in [3.05, 3.63) is 0 Å². The van der Waals surface area contributed by atoms with Gasteiger partial charge in [-0.15, -0.1) is 0 Å². The summed E-state index contributed by atoms with van der Waals surface area (Å²) in [6, 6.07) is 0.310. The van der Waals surface area contributed by atoms with Gasteiger partial charge in [0.05, 0.1) is 0 Å². The van der Waals surface area contributed by atoms with E-state index in [9.17, 15) is 4.79 Å². The molecule has 2 rings (SSSR count). The zero-order chi connectivity index (χ0) is 14.8. The third kappa shape index (κ3) is 2.63. The molecular formula is C15H27N3O2. The summed E-state index contributed by atoms with van der Waals surface area (Å²) in [6.45, 7) is 2.10. The van der Waals surface area contributed by atoms with Crippen LogP contribution in [0.2, 0.25) is 0 Å². The average molecular weight is 281 g/mol. The van der Waals surface area contributed by atoms with E-state index < -0.39 is 5.41 Å². The van der Waals surface area contributed by atoms with Crippen molar-refractivity contribution in [3.8, 4) is 0 Å². The molecule has 0 bridgehead atoms. The van der Waals surface area contributed by atoms with Crippen LogP contribution in [0, 0.1) is 11.3 Å². The molecule has 2 aliphatic rings. The van der Waals surface area contributed by atoms with E-state index in [4.69, 9.17) is 10.9 Å². The summed E-state index contributed by atoms with van der Waals surface area (Å²) in [4.78, 5) is 14.7. The lowest BCUT2D eigenvalue weighted by Gasteiger charge is -2.47. The number of amidine groups is 1. The normalized spacial score (nSPS) is 32.3. The number of carbonyl (C=O) groups excluding carboxylic acids is 1. The molecule has 2 fully saturated rings. The Morgan fingerprint density at radius 2 is 1.80 bits per heavy atom. The smallest absolute Gasteiger partial charge is 0.236 e. The molecule has 0 atom stereocenters. The topological polar surface area (TPSA) is 78.9 Å². The number of rotatable bonds is 3. The molecule has 0 heterocycles. The molecule has 0 aromatic heterocycles. The van der Waals surface area contributed by atoms with Crippen molar-refractivity contribution in [2.75, 3.05) is 7.05 Å². The molecule has 0 saturated heterocycles. The zero-order valence-corrected chi connectivity index (χ0v) is 12.6. The molecule has 3 N–H and O–H groups in total. The Hall–Kier alpha value is -1.26. The van der Waals surface area contributed by atoms with Gasteiger partial charge in [0.2, 0.25) is 5.91 Å². The van der Waals surface area contributed by atoms with Crippen LogP contribution >= 0.6 is 0 Å². The van der Waals surface area contributed by atoms with Crippen molar-refractivity contribution in [1.82, 2.24) is 4.90 Å². The van der Waals surface area contributed by atoms with Gasteiger partial charge >= 0.3 is 0 Å². The molecule has 0 aliphatic heterocycles. The summed E-state index contributed by atoms with van der Waals surface area (Å²) in [5.41, 5.74) is 5.07. The minimum atomic E-state index is -0.755. The second kappa shape index (κ2) is 6.02. The van der Waals surface area contributed by atoms with Crippen molar-refractivity contribution >= 4 is 11.7 Å². The largest absolute Gasteiger partial charge is 0.409 e. The summed E-state index contributed by atoms with van der Waals surface area (Å²) >= 11 is 0. The highest BCUT2D eigenvalue weighted by Crippen LogP contribution is 2.47. The summed E-state index contributed by atoms with van der Waals surface area (Å²) in [5, 5.41) is 12.1. The van der Waals surface area contributed by atoms with Crippen LogP contribution in [0.4, 0.5) is 0 Å². The SMILES string of the molecule is CC1CC(C(=O)N(C)C2CCCCCC2)(C(N)=NO)C1. The number of oxime groups is 1. The summed E-state index contributed by atoms with van der Waals surface area (Å²) < 4.78 is 0. The van der Waals surface area contributed by atoms with Crippen LogP contribution in [0.3, 0.4) is 0 Å². The maximum atomic E-state index is 12.9. The van der Waals surface area contributed by atoms with Gasteiger partial charge < -0.3 is 15.8 Å². The van der Waals surface area contributed by atoms with Crippen LogP contribution in [-0.4, -0.2) is 34.9 Å². The number of nitrogens with zero attached hydrogens (tertiary/aromatic N) is 2. The fourth-order valence-electron chi connectivity index (χ4n) is 3.87. The second-order valence-corrected chi connectivity index (χ2v) is 6.64. The molecule has 0 unspecified atom stereocenters. The Kier molecular flexibility index (Phi) is 4.55. The predicted octanol–water partition coefficient (Wildman–Crippen LogP) is 2.33. The fraction of sp³-hybridized carbons (Fsp3) is 0.867. The first kappa shape index (κ1) is 15.1. The van der Waals surface area contributed by atoms with E-state index in [1.54, 1.807) is 0 Å². The lowest BCUT2D eigenvalue weighted by Crippen LogP contribution is -2.58. The maximum Gasteiger partial charge on any atom is 0.236 e. The van der Waals surface area contributed by atoms with Crippen LogP contribution in [0.25, 0.3) is 0 Å². The average Bonchev–Trinajstić information content (AvgIpc) is 2.70. The molecule has 0 aromatic rings. The van der Waals surface area contributed by atoms with Gasteiger partial charge in [-0.25, -0.2) is 0 Å². The molecule has 2 saturated carbocycles. The first-order chi connectivity index (χ1) is 9.51. The summed E-state index contributed by atoms with van der Waals surface area (Å²) in [7, 11) is 1.88. The first-order valence-corrected chi connectivity index (χ1v) is 7.76. The molecule has 0 spiro atoms. The highest BCUT2D eigenvalue weighted by atomic mass is 16.4. The van der Waals surface area contributed by atoms with E-state index in [0.29, 0.717) is 24.8 Å². The summed E-state index contributed by atoms with van der Waals surface area (Å²) in [6.07, 6.45) is 8.44. The van der Waals surface area contributed by atoms with Crippen LogP contribution in [0.15, 0.2) is 5.16 Å². The lowest BCUT2D eigenvalue weighted by molar-refractivity contribution is -0.145. The van der Waals surface area contributed by atoms with Crippen molar-refractivity contribution < 1.29 is 10.0 Å². The zero-order valence-electron chi connectivity index (χ0n) is 12.6. The number of carbonyl (C=O) groups is 1. The van der Waals surface area contributed by atoms with E-state index in [2.05, 4.69) is 12.1 Å².